The summed E-state index contributed by atoms with van der Waals surface area (Å²) in [5.41, 5.74) is 4.89. The van der Waals surface area contributed by atoms with Gasteiger partial charge in [-0.3, -0.25) is 4.99 Å². The maximum Gasteiger partial charge on any atom is 0.340 e. The first-order chi connectivity index (χ1) is 13.7. The Labute approximate surface area is 166 Å². The molecule has 0 N–H and O–H groups in total. The van der Waals surface area contributed by atoms with Crippen LogP contribution in [0.2, 0.25) is 0 Å². The van der Waals surface area contributed by atoms with E-state index in [0.717, 1.165) is 53.6 Å². The summed E-state index contributed by atoms with van der Waals surface area (Å²) < 4.78 is 5.72. The number of aliphatic imine (C=N–C) groups is 1. The zero-order valence-corrected chi connectivity index (χ0v) is 16.8. The summed E-state index contributed by atoms with van der Waals surface area (Å²) in [6.07, 6.45) is 9.25. The molecular weight excluding hydrogens is 350 g/mol. The van der Waals surface area contributed by atoms with Gasteiger partial charge < -0.3 is 4.74 Å². The summed E-state index contributed by atoms with van der Waals surface area (Å²) in [4.78, 5) is 25.7. The number of aromatic nitrogens is 2. The molecule has 1 aliphatic rings. The van der Waals surface area contributed by atoms with Crippen LogP contribution in [0.25, 0.3) is 16.8 Å². The van der Waals surface area contributed by atoms with Crippen LogP contribution in [0.15, 0.2) is 47.4 Å². The van der Waals surface area contributed by atoms with Crippen LogP contribution < -0.4 is 0 Å². The number of unbranched alkanes of at least 4 members (excludes halogenated alkanes) is 1. The quantitative estimate of drug-likeness (QED) is 0.324. The van der Waals surface area contributed by atoms with Gasteiger partial charge in [-0.15, -0.1) is 0 Å². The Morgan fingerprint density at radius 3 is 2.71 bits per heavy atom. The first-order valence-corrected chi connectivity index (χ1v) is 9.94. The zero-order chi connectivity index (χ0) is 19.9. The fourth-order valence-electron chi connectivity index (χ4n) is 3.59. The van der Waals surface area contributed by atoms with Crippen LogP contribution in [0.1, 0.15) is 50.7 Å². The molecule has 1 heterocycles. The average molecular weight is 377 g/mol. The highest BCUT2D eigenvalue weighted by atomic mass is 16.5. The molecule has 2 aromatic rings. The molecule has 0 saturated carbocycles. The van der Waals surface area contributed by atoms with Gasteiger partial charge in [0.1, 0.15) is 6.33 Å². The first-order valence-electron chi connectivity index (χ1n) is 9.94. The van der Waals surface area contributed by atoms with Crippen molar-refractivity contribution in [3.63, 3.8) is 0 Å². The fraction of sp³-hybridized carbons (Fsp3) is 0.391. The van der Waals surface area contributed by atoms with Crippen molar-refractivity contribution >= 4 is 17.8 Å². The molecule has 146 valence electrons. The van der Waals surface area contributed by atoms with E-state index >= 15 is 0 Å². The Morgan fingerprint density at radius 1 is 1.21 bits per heavy atom. The number of fused-ring (bicyclic) bond motifs is 3. The summed E-state index contributed by atoms with van der Waals surface area (Å²) >= 11 is 0. The van der Waals surface area contributed by atoms with E-state index in [1.165, 1.54) is 6.33 Å². The minimum Gasteiger partial charge on any atom is -0.462 e. The fourth-order valence-corrected chi connectivity index (χ4v) is 3.59. The Kier molecular flexibility index (Phi) is 6.69. The number of esters is 1. The Bertz CT molecular complexity index is 855. The molecule has 1 atom stereocenters. The molecule has 5 heteroatoms. The lowest BCUT2D eigenvalue weighted by Crippen LogP contribution is -2.17. The molecule has 1 aliphatic carbocycles. The summed E-state index contributed by atoms with van der Waals surface area (Å²) in [6, 6.07) is 7.94. The van der Waals surface area contributed by atoms with Crippen LogP contribution in [0.4, 0.5) is 0 Å². The molecular formula is C23H27N3O2. The molecule has 1 aromatic carbocycles. The van der Waals surface area contributed by atoms with Crippen molar-refractivity contribution in [1.29, 1.82) is 0 Å². The third-order valence-electron chi connectivity index (χ3n) is 5.17. The van der Waals surface area contributed by atoms with Crippen molar-refractivity contribution in [2.45, 2.75) is 39.5 Å². The predicted octanol–water partition coefficient (Wildman–Crippen LogP) is 4.72. The van der Waals surface area contributed by atoms with E-state index in [1.54, 1.807) is 19.5 Å². The van der Waals surface area contributed by atoms with Crippen LogP contribution in [-0.4, -0.2) is 35.8 Å². The second kappa shape index (κ2) is 9.40. The van der Waals surface area contributed by atoms with E-state index in [-0.39, 0.29) is 5.97 Å². The Balaban J connectivity index is 1.97. The van der Waals surface area contributed by atoms with Gasteiger partial charge in [0.15, 0.2) is 0 Å². The number of nitrogens with zero attached hydrogens (tertiary/aromatic N) is 3. The number of ether oxygens (including phenoxy) is 1. The van der Waals surface area contributed by atoms with Crippen molar-refractivity contribution in [3.8, 4) is 11.3 Å². The van der Waals surface area contributed by atoms with Crippen LogP contribution in [0.3, 0.4) is 0 Å². The zero-order valence-electron chi connectivity index (χ0n) is 16.8. The lowest BCUT2D eigenvalue weighted by atomic mass is 9.99. The van der Waals surface area contributed by atoms with Crippen molar-refractivity contribution in [3.05, 3.63) is 53.5 Å². The third-order valence-corrected chi connectivity index (χ3v) is 5.17. The van der Waals surface area contributed by atoms with Crippen molar-refractivity contribution in [2.24, 2.45) is 10.9 Å². The molecule has 3 rings (SSSR count). The minimum atomic E-state index is -0.345. The van der Waals surface area contributed by atoms with Gasteiger partial charge in [-0.1, -0.05) is 57.4 Å². The summed E-state index contributed by atoms with van der Waals surface area (Å²) in [7, 11) is 1.66. The van der Waals surface area contributed by atoms with Crippen molar-refractivity contribution in [1.82, 2.24) is 9.97 Å². The normalized spacial score (nSPS) is 15.2. The van der Waals surface area contributed by atoms with Gasteiger partial charge in [0.2, 0.25) is 0 Å². The van der Waals surface area contributed by atoms with Gasteiger partial charge in [0.05, 0.1) is 17.9 Å². The maximum atomic E-state index is 13.0. The van der Waals surface area contributed by atoms with E-state index in [9.17, 15) is 4.79 Å². The maximum absolute atomic E-state index is 13.0. The molecule has 1 aromatic heterocycles. The van der Waals surface area contributed by atoms with Gasteiger partial charge in [-0.25, -0.2) is 14.8 Å². The van der Waals surface area contributed by atoms with Crippen LogP contribution in [0, 0.1) is 5.92 Å². The van der Waals surface area contributed by atoms with Gasteiger partial charge >= 0.3 is 5.97 Å². The standard InChI is InChI=1S/C23H27N3O2/c1-4-6-9-16(5-2)14-28-23(27)20(12-24-3)21-17-10-7-8-11-18(17)22-19(21)13-25-15-26-22/h7-8,10-13,15-16H,4-6,9,14H2,1-3H3/b21-20-,24-12?. The highest BCUT2D eigenvalue weighted by Crippen LogP contribution is 2.43. The van der Waals surface area contributed by atoms with Crippen LogP contribution >= 0.6 is 0 Å². The van der Waals surface area contributed by atoms with E-state index < -0.39 is 0 Å². The molecule has 0 amide bonds. The van der Waals surface area contributed by atoms with E-state index in [0.29, 0.717) is 18.1 Å². The Hall–Kier alpha value is -2.82. The van der Waals surface area contributed by atoms with E-state index in [2.05, 4.69) is 28.8 Å². The number of benzene rings is 1. The number of carbonyl (C=O) groups excluding carboxylic acids is 1. The number of hydrogen-bond acceptors (Lipinski definition) is 5. The van der Waals surface area contributed by atoms with Crippen molar-refractivity contribution in [2.75, 3.05) is 13.7 Å². The van der Waals surface area contributed by atoms with Gasteiger partial charge in [-0.05, 0) is 17.9 Å². The smallest absolute Gasteiger partial charge is 0.340 e. The second-order valence-electron chi connectivity index (χ2n) is 7.02. The molecule has 0 saturated heterocycles. The largest absolute Gasteiger partial charge is 0.462 e. The molecule has 1 unspecified atom stereocenters. The summed E-state index contributed by atoms with van der Waals surface area (Å²) in [6.45, 7) is 4.75. The lowest BCUT2D eigenvalue weighted by molar-refractivity contribution is -0.139. The van der Waals surface area contributed by atoms with Crippen LogP contribution in [-0.2, 0) is 9.53 Å². The van der Waals surface area contributed by atoms with E-state index in [4.69, 9.17) is 4.74 Å². The third kappa shape index (κ3) is 4.03. The molecule has 0 spiro atoms. The first kappa shape index (κ1) is 19.9. The molecule has 0 bridgehead atoms. The highest BCUT2D eigenvalue weighted by Gasteiger charge is 2.29. The molecule has 28 heavy (non-hydrogen) atoms. The molecule has 0 radical (unpaired) electrons. The Morgan fingerprint density at radius 2 is 2.00 bits per heavy atom. The van der Waals surface area contributed by atoms with E-state index in [1.807, 2.05) is 24.3 Å². The summed E-state index contributed by atoms with van der Waals surface area (Å²) in [5.74, 6) is 0.0438. The summed E-state index contributed by atoms with van der Waals surface area (Å²) in [5, 5.41) is 0. The number of rotatable bonds is 8. The lowest BCUT2D eigenvalue weighted by Gasteiger charge is -2.16. The minimum absolute atomic E-state index is 0.345. The second-order valence-corrected chi connectivity index (χ2v) is 7.02. The van der Waals surface area contributed by atoms with Gasteiger partial charge in [0, 0.05) is 36.2 Å². The predicted molar refractivity (Wildman–Crippen MR) is 112 cm³/mol. The SMILES string of the molecule is CCCCC(CC)COC(=O)/C(C=NC)=C1/c2ccccc2-c2ncncc21. The number of hydrogen-bond donors (Lipinski definition) is 0. The molecule has 0 aliphatic heterocycles. The van der Waals surface area contributed by atoms with Crippen LogP contribution in [0.5, 0.6) is 0 Å². The number of carbonyl (C=O) groups is 1. The van der Waals surface area contributed by atoms with Gasteiger partial charge in [-0.2, -0.15) is 0 Å². The highest BCUT2D eigenvalue weighted by molar-refractivity contribution is 6.21. The average Bonchev–Trinajstić information content (AvgIpc) is 3.06. The monoisotopic (exact) mass is 377 g/mol. The topological polar surface area (TPSA) is 64.4 Å². The van der Waals surface area contributed by atoms with Gasteiger partial charge in [0.25, 0.3) is 0 Å². The van der Waals surface area contributed by atoms with Crippen molar-refractivity contribution < 1.29 is 9.53 Å². The molecule has 0 fully saturated rings. The molecule has 5 nitrogen and oxygen atoms in total.